The Bertz CT molecular complexity index is 1110. The number of benzene rings is 2. The normalized spacial score (nSPS) is 12.6. The Hall–Kier alpha value is -2.76. The molecule has 1 atom stereocenters. The molecule has 2 N–H and O–H groups in total. The number of hydrogen-bond acceptors (Lipinski definition) is 8. The van der Waals surface area contributed by atoms with Crippen LogP contribution in [0.25, 0.3) is 11.0 Å². The molecule has 3 aromatic rings. The van der Waals surface area contributed by atoms with Crippen LogP contribution in [0.4, 0.5) is 0 Å². The molecule has 0 fully saturated rings. The molecule has 0 saturated heterocycles. The summed E-state index contributed by atoms with van der Waals surface area (Å²) in [5, 5.41) is 9.27. The highest BCUT2D eigenvalue weighted by atomic mass is 32.2. The number of hydrogen-bond donors (Lipinski definition) is 2. The van der Waals surface area contributed by atoms with E-state index in [1.165, 1.54) is 20.3 Å². The van der Waals surface area contributed by atoms with Crippen LogP contribution in [0, 0.1) is 0 Å². The first kappa shape index (κ1) is 20.0. The van der Waals surface area contributed by atoms with E-state index in [4.69, 9.17) is 9.47 Å². The van der Waals surface area contributed by atoms with Crippen LogP contribution in [-0.4, -0.2) is 42.5 Å². The van der Waals surface area contributed by atoms with E-state index < -0.39 is 28.5 Å². The number of aliphatic carboxylic acids is 1. The van der Waals surface area contributed by atoms with Gasteiger partial charge in [0.1, 0.15) is 15.9 Å². The molecule has 0 aliphatic rings. The molecule has 0 unspecified atom stereocenters. The van der Waals surface area contributed by atoms with Gasteiger partial charge in [0, 0.05) is 0 Å². The third-order valence-corrected chi connectivity index (χ3v) is 6.07. The molecule has 9 nitrogen and oxygen atoms in total. The molecule has 2 aromatic carbocycles. The summed E-state index contributed by atoms with van der Waals surface area (Å²) in [4.78, 5) is 11.3. The van der Waals surface area contributed by atoms with Crippen LogP contribution in [0.2, 0.25) is 0 Å². The number of fused-ring (bicyclic) bond motifs is 1. The van der Waals surface area contributed by atoms with Crippen molar-refractivity contribution in [3.63, 3.8) is 0 Å². The van der Waals surface area contributed by atoms with E-state index in [0.717, 1.165) is 11.7 Å². The predicted octanol–water partition coefficient (Wildman–Crippen LogP) is 2.20. The first-order valence-corrected chi connectivity index (χ1v) is 10.2. The van der Waals surface area contributed by atoms with Gasteiger partial charge in [0.25, 0.3) is 0 Å². The van der Waals surface area contributed by atoms with Crippen LogP contribution >= 0.6 is 11.7 Å². The lowest BCUT2D eigenvalue weighted by Crippen LogP contribution is -2.30. The molecule has 1 aromatic heterocycles. The van der Waals surface area contributed by atoms with E-state index in [2.05, 4.69) is 13.5 Å². The Morgan fingerprint density at radius 3 is 2.61 bits per heavy atom. The molecule has 0 aliphatic heterocycles. The van der Waals surface area contributed by atoms with E-state index in [1.807, 2.05) is 0 Å². The van der Waals surface area contributed by atoms with Crippen LogP contribution in [0.15, 0.2) is 41.3 Å². The van der Waals surface area contributed by atoms with Gasteiger partial charge in [0.2, 0.25) is 10.0 Å². The van der Waals surface area contributed by atoms with Crippen molar-refractivity contribution in [3.05, 3.63) is 42.0 Å². The van der Waals surface area contributed by atoms with Crippen molar-refractivity contribution in [1.82, 2.24) is 13.5 Å². The average molecular weight is 423 g/mol. The van der Waals surface area contributed by atoms with Gasteiger partial charge in [-0.1, -0.05) is 12.1 Å². The molecule has 0 radical (unpaired) electrons. The Kier molecular flexibility index (Phi) is 5.77. The van der Waals surface area contributed by atoms with Crippen molar-refractivity contribution >= 4 is 38.8 Å². The fourth-order valence-electron chi connectivity index (χ4n) is 2.72. The number of ether oxygens (including phenoxy) is 2. The zero-order valence-electron chi connectivity index (χ0n) is 14.9. The fourth-order valence-corrected chi connectivity index (χ4v) is 4.71. The van der Waals surface area contributed by atoms with E-state index in [1.54, 1.807) is 30.3 Å². The number of carboxylic acids is 1. The summed E-state index contributed by atoms with van der Waals surface area (Å²) in [6.07, 6.45) is -0.458. The van der Waals surface area contributed by atoms with Gasteiger partial charge in [-0.3, -0.25) is 4.79 Å². The molecule has 11 heteroatoms. The first-order valence-electron chi connectivity index (χ1n) is 8.03. The minimum Gasteiger partial charge on any atom is -0.493 e. The Morgan fingerprint density at radius 1 is 1.18 bits per heavy atom. The maximum atomic E-state index is 13.0. The Balaban J connectivity index is 2.01. The van der Waals surface area contributed by atoms with E-state index in [0.29, 0.717) is 22.6 Å². The number of nitrogens with zero attached hydrogens (tertiary/aromatic N) is 2. The number of aromatic nitrogens is 2. The molecule has 0 aliphatic carbocycles. The highest BCUT2D eigenvalue weighted by molar-refractivity contribution is 7.89. The first-order chi connectivity index (χ1) is 13.4. The van der Waals surface area contributed by atoms with Gasteiger partial charge in [-0.05, 0) is 29.8 Å². The highest BCUT2D eigenvalue weighted by Gasteiger charge is 2.27. The standard InChI is InChI=1S/C17H17N3O6S2/c1-25-13-7-6-10(8-14(13)26-2)12(9-16(21)22)20-28(23,24)15-5-3-4-11-17(15)19-27-18-11/h3-8,12,20H,9H2,1-2H3,(H,21,22)/t12-/m0/s1. The van der Waals surface area contributed by atoms with Crippen molar-refractivity contribution in [2.45, 2.75) is 17.4 Å². The van der Waals surface area contributed by atoms with Gasteiger partial charge in [-0.2, -0.15) is 8.75 Å². The lowest BCUT2D eigenvalue weighted by atomic mass is 10.0. The number of carbonyl (C=O) groups is 1. The van der Waals surface area contributed by atoms with Gasteiger partial charge in [-0.25, -0.2) is 13.1 Å². The number of nitrogens with one attached hydrogen (secondary N) is 1. The van der Waals surface area contributed by atoms with E-state index in [9.17, 15) is 18.3 Å². The SMILES string of the molecule is COc1ccc([C@H](CC(=O)O)NS(=O)(=O)c2cccc3nsnc23)cc1OC. The van der Waals surface area contributed by atoms with Crippen molar-refractivity contribution in [1.29, 1.82) is 0 Å². The number of methoxy groups -OCH3 is 2. The van der Waals surface area contributed by atoms with E-state index >= 15 is 0 Å². The minimum atomic E-state index is -4.07. The van der Waals surface area contributed by atoms with Gasteiger partial charge in [0.15, 0.2) is 11.5 Å². The maximum Gasteiger partial charge on any atom is 0.305 e. The second-order valence-electron chi connectivity index (χ2n) is 5.77. The molecule has 28 heavy (non-hydrogen) atoms. The number of rotatable bonds is 8. The topological polar surface area (TPSA) is 128 Å². The third-order valence-electron chi connectivity index (χ3n) is 4.02. The van der Waals surface area contributed by atoms with Crippen molar-refractivity contribution in [2.75, 3.05) is 14.2 Å². The predicted molar refractivity (Wildman–Crippen MR) is 102 cm³/mol. The second-order valence-corrected chi connectivity index (χ2v) is 7.99. The third kappa shape index (κ3) is 4.06. The summed E-state index contributed by atoms with van der Waals surface area (Å²) >= 11 is 0.901. The molecular weight excluding hydrogens is 406 g/mol. The lowest BCUT2D eigenvalue weighted by molar-refractivity contribution is -0.137. The summed E-state index contributed by atoms with van der Waals surface area (Å²) in [6.45, 7) is 0. The van der Waals surface area contributed by atoms with Gasteiger partial charge in [-0.15, -0.1) is 0 Å². The molecule has 0 amide bonds. The minimum absolute atomic E-state index is 0.0605. The van der Waals surface area contributed by atoms with Crippen molar-refractivity contribution < 1.29 is 27.8 Å². The van der Waals surface area contributed by atoms with Gasteiger partial charge in [0.05, 0.1) is 38.4 Å². The second kappa shape index (κ2) is 8.09. The molecule has 0 spiro atoms. The number of carboxylic acid groups (broad SMARTS) is 1. The fraction of sp³-hybridized carbons (Fsp3) is 0.235. The Morgan fingerprint density at radius 2 is 1.93 bits per heavy atom. The largest absolute Gasteiger partial charge is 0.493 e. The summed E-state index contributed by atoms with van der Waals surface area (Å²) < 4.78 is 46.9. The molecule has 0 bridgehead atoms. The molecule has 0 saturated carbocycles. The lowest BCUT2D eigenvalue weighted by Gasteiger charge is -2.19. The highest BCUT2D eigenvalue weighted by Crippen LogP contribution is 2.32. The molecule has 148 valence electrons. The van der Waals surface area contributed by atoms with Gasteiger partial charge >= 0.3 is 5.97 Å². The summed E-state index contributed by atoms with van der Waals surface area (Å²) in [5.41, 5.74) is 1.11. The zero-order valence-corrected chi connectivity index (χ0v) is 16.6. The zero-order chi connectivity index (χ0) is 20.3. The molecular formula is C17H17N3O6S2. The molecule has 1 heterocycles. The quantitative estimate of drug-likeness (QED) is 0.564. The van der Waals surface area contributed by atoms with Crippen LogP contribution in [-0.2, 0) is 14.8 Å². The Labute approximate surface area is 165 Å². The number of sulfonamides is 1. The summed E-state index contributed by atoms with van der Waals surface area (Å²) in [7, 11) is -1.16. The van der Waals surface area contributed by atoms with Crippen molar-refractivity contribution in [2.24, 2.45) is 0 Å². The average Bonchev–Trinajstić information content (AvgIpc) is 3.15. The smallest absolute Gasteiger partial charge is 0.305 e. The van der Waals surface area contributed by atoms with Crippen LogP contribution in [0.1, 0.15) is 18.0 Å². The monoisotopic (exact) mass is 423 g/mol. The maximum absolute atomic E-state index is 13.0. The van der Waals surface area contributed by atoms with Crippen LogP contribution in [0.3, 0.4) is 0 Å². The summed E-state index contributed by atoms with van der Waals surface area (Å²) in [5.74, 6) is -0.349. The van der Waals surface area contributed by atoms with Gasteiger partial charge < -0.3 is 14.6 Å². The van der Waals surface area contributed by atoms with Crippen molar-refractivity contribution in [3.8, 4) is 11.5 Å². The van der Waals surface area contributed by atoms with Crippen LogP contribution < -0.4 is 14.2 Å². The van der Waals surface area contributed by atoms with Crippen LogP contribution in [0.5, 0.6) is 11.5 Å². The molecule has 3 rings (SSSR count). The summed E-state index contributed by atoms with van der Waals surface area (Å²) in [6, 6.07) is 8.30. The van der Waals surface area contributed by atoms with E-state index in [-0.39, 0.29) is 10.4 Å².